The maximum atomic E-state index is 13.2. The molecule has 1 saturated carbocycles. The molecule has 1 aromatic carbocycles. The largest absolute Gasteiger partial charge is 0.392 e. The lowest BCUT2D eigenvalue weighted by Gasteiger charge is -2.27. The Bertz CT molecular complexity index is 746. The minimum atomic E-state index is -0.402. The van der Waals surface area contributed by atoms with Crippen molar-refractivity contribution in [1.29, 1.82) is 0 Å². The Morgan fingerprint density at radius 2 is 1.96 bits per heavy atom. The molecule has 0 radical (unpaired) electrons. The number of aliphatic hydroxyl groups is 1. The van der Waals surface area contributed by atoms with Crippen molar-refractivity contribution in [3.8, 4) is 0 Å². The number of nitrogens with zero attached hydrogens (tertiary/aromatic N) is 2. The fraction of sp³-hybridized carbons (Fsp3) is 0.429. The predicted molar refractivity (Wildman–Crippen MR) is 99.5 cm³/mol. The van der Waals surface area contributed by atoms with Crippen LogP contribution < -0.4 is 5.32 Å². The van der Waals surface area contributed by atoms with Gasteiger partial charge in [0.15, 0.2) is 0 Å². The maximum Gasteiger partial charge on any atom is 0.231 e. The molecule has 2 N–H and O–H groups in total. The molecule has 5 heteroatoms. The standard InChI is InChI=1S/C21H25N3O2/c25-18-8-13-24(14-18)15-19(16-4-2-1-3-5-16)23-20(26)21(9-10-21)17-6-11-22-12-7-17/h1-7,11-12,18-19,25H,8-10,13-15H2,(H,23,26)/t18-,19+/m0/s1. The molecule has 2 fully saturated rings. The van der Waals surface area contributed by atoms with Gasteiger partial charge in [0.2, 0.25) is 5.91 Å². The smallest absolute Gasteiger partial charge is 0.231 e. The molecule has 0 unspecified atom stereocenters. The first-order chi connectivity index (χ1) is 12.7. The Morgan fingerprint density at radius 1 is 1.23 bits per heavy atom. The molecule has 1 aliphatic carbocycles. The predicted octanol–water partition coefficient (Wildman–Crippen LogP) is 2.04. The molecule has 2 aliphatic rings. The Hall–Kier alpha value is -2.24. The molecule has 2 heterocycles. The molecule has 0 spiro atoms. The molecular weight excluding hydrogens is 326 g/mol. The summed E-state index contributed by atoms with van der Waals surface area (Å²) in [6.45, 7) is 2.27. The SMILES string of the molecule is O=C(N[C@H](CN1CC[C@H](O)C1)c1ccccc1)C1(c2ccncc2)CC1. The molecule has 0 bridgehead atoms. The van der Waals surface area contributed by atoms with Gasteiger partial charge < -0.3 is 10.4 Å². The number of pyridine rings is 1. The van der Waals surface area contributed by atoms with Gasteiger partial charge in [-0.2, -0.15) is 0 Å². The highest BCUT2D eigenvalue weighted by Gasteiger charge is 2.51. The van der Waals surface area contributed by atoms with Gasteiger partial charge in [0.1, 0.15) is 0 Å². The van der Waals surface area contributed by atoms with Gasteiger partial charge in [-0.05, 0) is 42.5 Å². The van der Waals surface area contributed by atoms with Gasteiger partial charge in [-0.1, -0.05) is 30.3 Å². The van der Waals surface area contributed by atoms with E-state index in [-0.39, 0.29) is 18.1 Å². The summed E-state index contributed by atoms with van der Waals surface area (Å²) in [6, 6.07) is 13.9. The van der Waals surface area contributed by atoms with Gasteiger partial charge in [0.25, 0.3) is 0 Å². The highest BCUT2D eigenvalue weighted by molar-refractivity contribution is 5.91. The number of β-amino-alcohol motifs (C(OH)–C–C–N with tert-alkyl or cyclic N) is 1. The van der Waals surface area contributed by atoms with Crippen molar-refractivity contribution in [2.24, 2.45) is 0 Å². The number of carbonyl (C=O) groups excluding carboxylic acids is 1. The zero-order chi connectivity index (χ0) is 18.0. The number of aromatic nitrogens is 1. The number of likely N-dealkylation sites (tertiary alicyclic amines) is 1. The van der Waals surface area contributed by atoms with Crippen LogP contribution >= 0.6 is 0 Å². The van der Waals surface area contributed by atoms with Gasteiger partial charge >= 0.3 is 0 Å². The number of amides is 1. The van der Waals surface area contributed by atoms with Gasteiger partial charge in [0.05, 0.1) is 17.6 Å². The zero-order valence-corrected chi connectivity index (χ0v) is 14.8. The van der Waals surface area contributed by atoms with E-state index in [0.717, 1.165) is 43.5 Å². The summed E-state index contributed by atoms with van der Waals surface area (Å²) in [4.78, 5) is 19.4. The molecular formula is C21H25N3O2. The topological polar surface area (TPSA) is 65.5 Å². The number of nitrogens with one attached hydrogen (secondary N) is 1. The molecule has 2 atom stereocenters. The van der Waals surface area contributed by atoms with Crippen LogP contribution in [0.3, 0.4) is 0 Å². The molecule has 1 aliphatic heterocycles. The third-order valence-electron chi connectivity index (χ3n) is 5.61. The van der Waals surface area contributed by atoms with E-state index in [0.29, 0.717) is 6.54 Å². The molecule has 1 saturated heterocycles. The van der Waals surface area contributed by atoms with E-state index in [1.165, 1.54) is 0 Å². The van der Waals surface area contributed by atoms with E-state index in [1.807, 2.05) is 30.3 Å². The zero-order valence-electron chi connectivity index (χ0n) is 14.8. The van der Waals surface area contributed by atoms with Crippen molar-refractivity contribution in [2.45, 2.75) is 36.8 Å². The van der Waals surface area contributed by atoms with Crippen molar-refractivity contribution in [3.63, 3.8) is 0 Å². The van der Waals surface area contributed by atoms with Crippen LogP contribution in [0.2, 0.25) is 0 Å². The molecule has 26 heavy (non-hydrogen) atoms. The number of benzene rings is 1. The second kappa shape index (κ2) is 7.17. The Morgan fingerprint density at radius 3 is 2.58 bits per heavy atom. The second-order valence-corrected chi connectivity index (χ2v) is 7.46. The lowest BCUT2D eigenvalue weighted by molar-refractivity contribution is -0.124. The number of aliphatic hydroxyl groups excluding tert-OH is 1. The first-order valence-corrected chi connectivity index (χ1v) is 9.34. The summed E-state index contributed by atoms with van der Waals surface area (Å²) in [5, 5.41) is 13.1. The summed E-state index contributed by atoms with van der Waals surface area (Å²) in [6.07, 6.45) is 5.82. The summed E-state index contributed by atoms with van der Waals surface area (Å²) in [7, 11) is 0. The fourth-order valence-corrected chi connectivity index (χ4v) is 3.90. The van der Waals surface area contributed by atoms with Crippen molar-refractivity contribution in [3.05, 3.63) is 66.0 Å². The van der Waals surface area contributed by atoms with Crippen molar-refractivity contribution < 1.29 is 9.90 Å². The summed E-state index contributed by atoms with van der Waals surface area (Å²) < 4.78 is 0. The highest BCUT2D eigenvalue weighted by atomic mass is 16.3. The third-order valence-corrected chi connectivity index (χ3v) is 5.61. The maximum absolute atomic E-state index is 13.2. The van der Waals surface area contributed by atoms with Crippen LogP contribution in [-0.2, 0) is 10.2 Å². The number of hydrogen-bond acceptors (Lipinski definition) is 4. The normalized spacial score (nSPS) is 22.7. The third kappa shape index (κ3) is 3.50. The van der Waals surface area contributed by atoms with Crippen LogP contribution in [0.25, 0.3) is 0 Å². The van der Waals surface area contributed by atoms with Crippen LogP contribution in [0.1, 0.15) is 36.4 Å². The van der Waals surface area contributed by atoms with Crippen molar-refractivity contribution in [1.82, 2.24) is 15.2 Å². The van der Waals surface area contributed by atoms with E-state index < -0.39 is 5.41 Å². The quantitative estimate of drug-likeness (QED) is 0.836. The molecule has 136 valence electrons. The monoisotopic (exact) mass is 351 g/mol. The van der Waals surface area contributed by atoms with Crippen LogP contribution in [-0.4, -0.2) is 46.6 Å². The first-order valence-electron chi connectivity index (χ1n) is 9.34. The first kappa shape index (κ1) is 17.2. The summed E-state index contributed by atoms with van der Waals surface area (Å²) in [5.74, 6) is 0.0947. The van der Waals surface area contributed by atoms with Crippen LogP contribution in [0.15, 0.2) is 54.9 Å². The van der Waals surface area contributed by atoms with E-state index in [2.05, 4.69) is 27.3 Å². The average molecular weight is 351 g/mol. The van der Waals surface area contributed by atoms with Gasteiger partial charge in [0, 0.05) is 32.0 Å². The van der Waals surface area contributed by atoms with E-state index in [9.17, 15) is 9.90 Å². The minimum absolute atomic E-state index is 0.0756. The van der Waals surface area contributed by atoms with Crippen LogP contribution in [0.4, 0.5) is 0 Å². The fourth-order valence-electron chi connectivity index (χ4n) is 3.90. The highest BCUT2D eigenvalue weighted by Crippen LogP contribution is 2.48. The number of hydrogen-bond donors (Lipinski definition) is 2. The van der Waals surface area contributed by atoms with Gasteiger partial charge in [-0.15, -0.1) is 0 Å². The summed E-state index contributed by atoms with van der Waals surface area (Å²) in [5.41, 5.74) is 1.75. The average Bonchev–Trinajstić information content (AvgIpc) is 3.40. The van der Waals surface area contributed by atoms with Gasteiger partial charge in [-0.25, -0.2) is 0 Å². The molecule has 2 aromatic rings. The Labute approximate surface area is 154 Å². The van der Waals surface area contributed by atoms with Crippen molar-refractivity contribution >= 4 is 5.91 Å². The molecule has 4 rings (SSSR count). The number of carbonyl (C=O) groups is 1. The lowest BCUT2D eigenvalue weighted by Crippen LogP contribution is -2.42. The molecule has 5 nitrogen and oxygen atoms in total. The molecule has 1 aromatic heterocycles. The van der Waals surface area contributed by atoms with Gasteiger partial charge in [-0.3, -0.25) is 14.7 Å². The Kier molecular flexibility index (Phi) is 4.74. The minimum Gasteiger partial charge on any atom is -0.392 e. The van der Waals surface area contributed by atoms with Crippen LogP contribution in [0, 0.1) is 0 Å². The number of rotatable bonds is 6. The summed E-state index contributed by atoms with van der Waals surface area (Å²) >= 11 is 0. The van der Waals surface area contributed by atoms with Crippen molar-refractivity contribution in [2.75, 3.05) is 19.6 Å². The van der Waals surface area contributed by atoms with E-state index in [4.69, 9.17) is 0 Å². The van der Waals surface area contributed by atoms with E-state index in [1.54, 1.807) is 12.4 Å². The lowest BCUT2D eigenvalue weighted by atomic mass is 9.95. The second-order valence-electron chi connectivity index (χ2n) is 7.46. The van der Waals surface area contributed by atoms with E-state index >= 15 is 0 Å². The Balaban J connectivity index is 1.52. The molecule has 1 amide bonds. The van der Waals surface area contributed by atoms with Crippen LogP contribution in [0.5, 0.6) is 0 Å².